The molecular formula is C11H11N3O2. The van der Waals surface area contributed by atoms with Crippen molar-refractivity contribution in [3.05, 3.63) is 41.7 Å². The first kappa shape index (κ1) is 10.2. The lowest BCUT2D eigenvalue weighted by atomic mass is 10.2. The van der Waals surface area contributed by atoms with Crippen molar-refractivity contribution in [2.24, 2.45) is 0 Å². The molecule has 0 aliphatic heterocycles. The number of benzene rings is 1. The second-order valence-electron chi connectivity index (χ2n) is 3.46. The first-order valence-electron chi connectivity index (χ1n) is 4.76. The first-order chi connectivity index (χ1) is 7.66. The molecule has 0 saturated carbocycles. The Morgan fingerprint density at radius 1 is 1.50 bits per heavy atom. The van der Waals surface area contributed by atoms with Gasteiger partial charge in [0.25, 0.3) is 5.91 Å². The van der Waals surface area contributed by atoms with Crippen LogP contribution < -0.4 is 5.32 Å². The van der Waals surface area contributed by atoms with Crippen LogP contribution in [0.15, 0.2) is 30.6 Å². The minimum Gasteiger partial charge on any atom is -0.506 e. The number of amides is 1. The highest BCUT2D eigenvalue weighted by atomic mass is 16.3. The van der Waals surface area contributed by atoms with Gasteiger partial charge in [-0.1, -0.05) is 6.07 Å². The van der Waals surface area contributed by atoms with Crippen LogP contribution in [0.2, 0.25) is 0 Å². The van der Waals surface area contributed by atoms with Gasteiger partial charge in [0.15, 0.2) is 0 Å². The van der Waals surface area contributed by atoms with E-state index in [2.05, 4.69) is 15.5 Å². The fourth-order valence-electron chi connectivity index (χ4n) is 1.32. The van der Waals surface area contributed by atoms with E-state index in [-0.39, 0.29) is 11.7 Å². The largest absolute Gasteiger partial charge is 0.506 e. The van der Waals surface area contributed by atoms with E-state index in [1.165, 1.54) is 12.4 Å². The molecule has 0 saturated heterocycles. The summed E-state index contributed by atoms with van der Waals surface area (Å²) in [6.07, 6.45) is 2.90. The summed E-state index contributed by atoms with van der Waals surface area (Å²) in [5.41, 5.74) is 1.73. The summed E-state index contributed by atoms with van der Waals surface area (Å²) in [6, 6.07) is 5.05. The highest BCUT2D eigenvalue weighted by Gasteiger charge is 2.09. The third-order valence-electron chi connectivity index (χ3n) is 2.16. The summed E-state index contributed by atoms with van der Waals surface area (Å²) in [4.78, 5) is 11.6. The molecule has 0 atom stereocenters. The van der Waals surface area contributed by atoms with E-state index in [0.29, 0.717) is 11.3 Å². The van der Waals surface area contributed by atoms with Gasteiger partial charge in [-0.05, 0) is 24.6 Å². The lowest BCUT2D eigenvalue weighted by Gasteiger charge is -2.06. The Morgan fingerprint density at radius 2 is 2.31 bits per heavy atom. The van der Waals surface area contributed by atoms with E-state index >= 15 is 0 Å². The number of aryl methyl sites for hydroxylation is 1. The summed E-state index contributed by atoms with van der Waals surface area (Å²) < 4.78 is 0. The number of aromatic hydroxyl groups is 1. The molecule has 82 valence electrons. The minimum atomic E-state index is -0.312. The van der Waals surface area contributed by atoms with Crippen molar-refractivity contribution in [2.75, 3.05) is 5.32 Å². The molecule has 1 heterocycles. The van der Waals surface area contributed by atoms with Crippen LogP contribution in [0.25, 0.3) is 0 Å². The lowest BCUT2D eigenvalue weighted by molar-refractivity contribution is 0.102. The highest BCUT2D eigenvalue weighted by Crippen LogP contribution is 2.24. The van der Waals surface area contributed by atoms with Crippen LogP contribution in [0.4, 0.5) is 5.69 Å². The number of nitrogens with zero attached hydrogens (tertiary/aromatic N) is 1. The molecule has 2 aromatic rings. The van der Waals surface area contributed by atoms with Crippen molar-refractivity contribution >= 4 is 11.6 Å². The Kier molecular flexibility index (Phi) is 2.59. The van der Waals surface area contributed by atoms with Crippen LogP contribution in [0, 0.1) is 6.92 Å². The van der Waals surface area contributed by atoms with Gasteiger partial charge in [-0.2, -0.15) is 5.10 Å². The lowest BCUT2D eigenvalue weighted by Crippen LogP contribution is -2.11. The van der Waals surface area contributed by atoms with Crippen molar-refractivity contribution < 1.29 is 9.90 Å². The van der Waals surface area contributed by atoms with E-state index in [0.717, 1.165) is 5.56 Å². The number of phenolic OH excluding ortho intramolecular Hbond substituents is 1. The monoisotopic (exact) mass is 217 g/mol. The minimum absolute atomic E-state index is 0.0526. The van der Waals surface area contributed by atoms with Crippen molar-refractivity contribution in [3.8, 4) is 5.75 Å². The topological polar surface area (TPSA) is 78.0 Å². The molecule has 0 fully saturated rings. The molecule has 1 amide bonds. The number of nitrogens with one attached hydrogen (secondary N) is 2. The molecule has 0 spiro atoms. The molecule has 0 unspecified atom stereocenters. The van der Waals surface area contributed by atoms with Crippen LogP contribution in [0.3, 0.4) is 0 Å². The Morgan fingerprint density at radius 3 is 2.94 bits per heavy atom. The van der Waals surface area contributed by atoms with Gasteiger partial charge in [0.2, 0.25) is 0 Å². The molecule has 0 aliphatic carbocycles. The summed E-state index contributed by atoms with van der Waals surface area (Å²) in [7, 11) is 0. The van der Waals surface area contributed by atoms with Crippen LogP contribution in [-0.2, 0) is 0 Å². The maximum atomic E-state index is 11.6. The smallest absolute Gasteiger partial charge is 0.258 e. The van der Waals surface area contributed by atoms with Crippen LogP contribution in [0.5, 0.6) is 5.75 Å². The Hall–Kier alpha value is -2.30. The average Bonchev–Trinajstić information content (AvgIpc) is 2.75. The highest BCUT2D eigenvalue weighted by molar-refractivity contribution is 6.04. The molecule has 5 heteroatoms. The van der Waals surface area contributed by atoms with Crippen molar-refractivity contribution in [1.29, 1.82) is 0 Å². The molecule has 0 radical (unpaired) electrons. The predicted molar refractivity (Wildman–Crippen MR) is 59.4 cm³/mol. The van der Waals surface area contributed by atoms with Crippen molar-refractivity contribution in [1.82, 2.24) is 10.2 Å². The SMILES string of the molecule is Cc1ccc(NC(=O)c2cn[nH]c2)c(O)c1. The number of phenols is 1. The van der Waals surface area contributed by atoms with Gasteiger partial charge < -0.3 is 10.4 Å². The zero-order valence-electron chi connectivity index (χ0n) is 8.69. The van der Waals surface area contributed by atoms with Crippen molar-refractivity contribution in [3.63, 3.8) is 0 Å². The number of H-pyrrole nitrogens is 1. The third kappa shape index (κ3) is 2.03. The van der Waals surface area contributed by atoms with E-state index < -0.39 is 0 Å². The first-order valence-corrected chi connectivity index (χ1v) is 4.76. The van der Waals surface area contributed by atoms with Crippen LogP contribution in [0.1, 0.15) is 15.9 Å². The summed E-state index contributed by atoms with van der Waals surface area (Å²) in [5, 5.41) is 18.4. The average molecular weight is 217 g/mol. The van der Waals surface area contributed by atoms with Crippen LogP contribution in [-0.4, -0.2) is 21.2 Å². The fourth-order valence-corrected chi connectivity index (χ4v) is 1.32. The summed E-state index contributed by atoms with van der Waals surface area (Å²) >= 11 is 0. The molecule has 5 nitrogen and oxygen atoms in total. The zero-order valence-corrected chi connectivity index (χ0v) is 8.69. The molecule has 1 aromatic carbocycles. The number of carbonyl (C=O) groups is 1. The van der Waals surface area contributed by atoms with E-state index in [1.807, 2.05) is 13.0 Å². The number of hydrogen-bond acceptors (Lipinski definition) is 3. The van der Waals surface area contributed by atoms with Gasteiger partial charge in [0.1, 0.15) is 5.75 Å². The molecule has 0 bridgehead atoms. The third-order valence-corrected chi connectivity index (χ3v) is 2.16. The zero-order chi connectivity index (χ0) is 11.5. The van der Waals surface area contributed by atoms with Gasteiger partial charge in [0, 0.05) is 6.20 Å². The van der Waals surface area contributed by atoms with E-state index in [9.17, 15) is 9.90 Å². The normalized spacial score (nSPS) is 10.1. The molecular weight excluding hydrogens is 206 g/mol. The standard InChI is InChI=1S/C11H11N3O2/c1-7-2-3-9(10(15)4-7)14-11(16)8-5-12-13-6-8/h2-6,15H,1H3,(H,12,13)(H,14,16). The van der Waals surface area contributed by atoms with Crippen molar-refractivity contribution in [2.45, 2.75) is 6.92 Å². The summed E-state index contributed by atoms with van der Waals surface area (Å²) in [5.74, 6) is -0.259. The number of anilines is 1. The quantitative estimate of drug-likeness (QED) is 0.669. The second-order valence-corrected chi connectivity index (χ2v) is 3.46. The molecule has 2 rings (SSSR count). The fraction of sp³-hybridized carbons (Fsp3) is 0.0909. The van der Waals surface area contributed by atoms with Gasteiger partial charge in [0.05, 0.1) is 17.4 Å². The number of aromatic nitrogens is 2. The van der Waals surface area contributed by atoms with Gasteiger partial charge in [-0.15, -0.1) is 0 Å². The van der Waals surface area contributed by atoms with Gasteiger partial charge in [-0.3, -0.25) is 9.89 Å². The van der Waals surface area contributed by atoms with Gasteiger partial charge >= 0.3 is 0 Å². The van der Waals surface area contributed by atoms with Gasteiger partial charge in [-0.25, -0.2) is 0 Å². The van der Waals surface area contributed by atoms with Crippen LogP contribution >= 0.6 is 0 Å². The maximum absolute atomic E-state index is 11.6. The number of aromatic amines is 1. The molecule has 0 aliphatic rings. The number of rotatable bonds is 2. The maximum Gasteiger partial charge on any atom is 0.258 e. The number of hydrogen-bond donors (Lipinski definition) is 3. The Balaban J connectivity index is 2.18. The molecule has 3 N–H and O–H groups in total. The molecule has 16 heavy (non-hydrogen) atoms. The van der Waals surface area contributed by atoms with E-state index in [4.69, 9.17) is 0 Å². The Bertz CT molecular complexity index is 506. The summed E-state index contributed by atoms with van der Waals surface area (Å²) in [6.45, 7) is 1.86. The Labute approximate surface area is 92.1 Å². The second kappa shape index (κ2) is 4.06. The predicted octanol–water partition coefficient (Wildman–Crippen LogP) is 1.68. The number of carbonyl (C=O) groups excluding carboxylic acids is 1. The molecule has 1 aromatic heterocycles. The van der Waals surface area contributed by atoms with E-state index in [1.54, 1.807) is 12.1 Å².